The molecule has 2 aromatic rings. The Morgan fingerprint density at radius 1 is 0.900 bits per heavy atom. The highest BCUT2D eigenvalue weighted by Crippen LogP contribution is 2.14. The third-order valence-electron chi connectivity index (χ3n) is 2.54. The maximum absolute atomic E-state index is 11.8. The second kappa shape index (κ2) is 6.38. The predicted molar refractivity (Wildman–Crippen MR) is 82.2 cm³/mol. The quantitative estimate of drug-likeness (QED) is 0.550. The molecule has 0 radical (unpaired) electrons. The molecule has 0 fully saturated rings. The van der Waals surface area contributed by atoms with Crippen LogP contribution in [0.15, 0.2) is 48.5 Å². The van der Waals surface area contributed by atoms with E-state index >= 15 is 0 Å². The van der Waals surface area contributed by atoms with Crippen molar-refractivity contribution in [3.8, 4) is 5.75 Å². The Labute approximate surface area is 129 Å². The summed E-state index contributed by atoms with van der Waals surface area (Å²) in [5.41, 5.74) is 5.07. The zero-order valence-electron chi connectivity index (χ0n) is 10.3. The minimum Gasteiger partial charge on any atom is -0.507 e. The number of hydrazine groups is 1. The van der Waals surface area contributed by atoms with Gasteiger partial charge in [0.05, 0.1) is 5.56 Å². The van der Waals surface area contributed by atoms with Gasteiger partial charge in [-0.05, 0) is 59.0 Å². The molecule has 2 rings (SSSR count). The molecule has 0 atom stereocenters. The lowest BCUT2D eigenvalue weighted by atomic mass is 10.2. The van der Waals surface area contributed by atoms with E-state index in [4.69, 9.17) is 0 Å². The fourth-order valence-electron chi connectivity index (χ4n) is 1.52. The van der Waals surface area contributed by atoms with Crippen LogP contribution in [0, 0.1) is 3.57 Å². The summed E-state index contributed by atoms with van der Waals surface area (Å²) in [5.74, 6) is -1.15. The van der Waals surface area contributed by atoms with Crippen molar-refractivity contribution in [3.63, 3.8) is 0 Å². The Balaban J connectivity index is 1.99. The molecule has 2 amide bonds. The molecule has 102 valence electrons. The summed E-state index contributed by atoms with van der Waals surface area (Å²) >= 11 is 2.13. The maximum Gasteiger partial charge on any atom is 0.273 e. The number of rotatable bonds is 2. The van der Waals surface area contributed by atoms with E-state index < -0.39 is 11.8 Å². The Bertz CT molecular complexity index is 641. The number of hydrogen-bond acceptors (Lipinski definition) is 3. The van der Waals surface area contributed by atoms with Crippen molar-refractivity contribution in [3.05, 3.63) is 63.2 Å². The second-order valence-electron chi connectivity index (χ2n) is 3.93. The molecule has 0 unspecified atom stereocenters. The number of halogens is 1. The molecule has 6 heteroatoms. The molecule has 0 aliphatic heterocycles. The summed E-state index contributed by atoms with van der Waals surface area (Å²) < 4.78 is 1.01. The summed E-state index contributed by atoms with van der Waals surface area (Å²) in [7, 11) is 0. The first-order valence-corrected chi connectivity index (χ1v) is 6.80. The van der Waals surface area contributed by atoms with Gasteiger partial charge in [-0.3, -0.25) is 20.4 Å². The van der Waals surface area contributed by atoms with Gasteiger partial charge >= 0.3 is 0 Å². The van der Waals surface area contributed by atoms with Crippen molar-refractivity contribution in [1.82, 2.24) is 10.9 Å². The number of aromatic hydroxyl groups is 1. The highest BCUT2D eigenvalue weighted by Gasteiger charge is 2.11. The average molecular weight is 382 g/mol. The van der Waals surface area contributed by atoms with Crippen molar-refractivity contribution in [2.75, 3.05) is 0 Å². The third-order valence-corrected chi connectivity index (χ3v) is 3.26. The molecule has 5 nitrogen and oxygen atoms in total. The fraction of sp³-hybridized carbons (Fsp3) is 0. The van der Waals surface area contributed by atoms with Crippen LogP contribution in [0.5, 0.6) is 5.75 Å². The van der Waals surface area contributed by atoms with E-state index in [2.05, 4.69) is 33.4 Å². The lowest BCUT2D eigenvalue weighted by Crippen LogP contribution is -2.41. The van der Waals surface area contributed by atoms with Crippen molar-refractivity contribution in [2.24, 2.45) is 0 Å². The Kier molecular flexibility index (Phi) is 4.57. The van der Waals surface area contributed by atoms with Gasteiger partial charge < -0.3 is 5.11 Å². The molecule has 0 saturated carbocycles. The van der Waals surface area contributed by atoms with Crippen molar-refractivity contribution in [1.29, 1.82) is 0 Å². The summed E-state index contributed by atoms with van der Waals surface area (Å²) in [5, 5.41) is 9.52. The van der Waals surface area contributed by atoms with Gasteiger partial charge in [0.1, 0.15) is 5.75 Å². The van der Waals surface area contributed by atoms with E-state index in [0.29, 0.717) is 5.56 Å². The van der Waals surface area contributed by atoms with Gasteiger partial charge in [0.15, 0.2) is 0 Å². The molecule has 2 aromatic carbocycles. The van der Waals surface area contributed by atoms with Gasteiger partial charge in [-0.1, -0.05) is 12.1 Å². The van der Waals surface area contributed by atoms with Crippen LogP contribution in [0.4, 0.5) is 0 Å². The largest absolute Gasteiger partial charge is 0.507 e. The molecular weight excluding hydrogens is 371 g/mol. The minimum absolute atomic E-state index is 0.0930. The third kappa shape index (κ3) is 3.47. The predicted octanol–water partition coefficient (Wildman–Crippen LogP) is 2.07. The van der Waals surface area contributed by atoms with Crippen molar-refractivity contribution in [2.45, 2.75) is 0 Å². The van der Waals surface area contributed by atoms with Gasteiger partial charge in [-0.25, -0.2) is 0 Å². The summed E-state index contributed by atoms with van der Waals surface area (Å²) in [6.07, 6.45) is 0. The van der Waals surface area contributed by atoms with Crippen molar-refractivity contribution < 1.29 is 14.7 Å². The van der Waals surface area contributed by atoms with E-state index in [1.165, 1.54) is 12.1 Å². The molecule has 0 aliphatic carbocycles. The molecule has 0 aliphatic rings. The fourth-order valence-corrected chi connectivity index (χ4v) is 1.88. The molecule has 0 saturated heterocycles. The topological polar surface area (TPSA) is 78.4 Å². The first-order chi connectivity index (χ1) is 9.58. The van der Waals surface area contributed by atoms with E-state index in [9.17, 15) is 14.7 Å². The maximum atomic E-state index is 11.8. The van der Waals surface area contributed by atoms with Gasteiger partial charge in [0.2, 0.25) is 0 Å². The van der Waals surface area contributed by atoms with Crippen molar-refractivity contribution >= 4 is 34.4 Å². The normalized spacial score (nSPS) is 9.85. The van der Waals surface area contributed by atoms with Gasteiger partial charge in [0, 0.05) is 9.13 Å². The number of carbonyl (C=O) groups is 2. The highest BCUT2D eigenvalue weighted by molar-refractivity contribution is 14.1. The van der Waals surface area contributed by atoms with E-state index in [0.717, 1.165) is 3.57 Å². The monoisotopic (exact) mass is 382 g/mol. The smallest absolute Gasteiger partial charge is 0.273 e. The van der Waals surface area contributed by atoms with E-state index in [-0.39, 0.29) is 11.3 Å². The number of amides is 2. The van der Waals surface area contributed by atoms with Crippen LogP contribution in [0.1, 0.15) is 20.7 Å². The Morgan fingerprint density at radius 3 is 2.15 bits per heavy atom. The molecule has 0 heterocycles. The average Bonchev–Trinajstić information content (AvgIpc) is 2.45. The lowest BCUT2D eigenvalue weighted by molar-refractivity contribution is 0.0845. The zero-order chi connectivity index (χ0) is 14.5. The molecule has 3 N–H and O–H groups in total. The van der Waals surface area contributed by atoms with Crippen LogP contribution in [0.25, 0.3) is 0 Å². The van der Waals surface area contributed by atoms with Crippen LogP contribution >= 0.6 is 22.6 Å². The number of phenols is 1. The number of nitrogens with one attached hydrogen (secondary N) is 2. The molecule has 0 aromatic heterocycles. The van der Waals surface area contributed by atoms with E-state index in [1.54, 1.807) is 36.4 Å². The SMILES string of the molecule is O=C(NNC(=O)c1ccccc1O)c1ccc(I)cc1. The molecular formula is C14H11IN2O3. The van der Waals surface area contributed by atoms with Gasteiger partial charge in [-0.2, -0.15) is 0 Å². The number of hydrogen-bond donors (Lipinski definition) is 3. The standard InChI is InChI=1S/C14H11IN2O3/c15-10-7-5-9(6-8-10)13(19)16-17-14(20)11-3-1-2-4-12(11)18/h1-8,18H,(H,16,19)(H,17,20). The first-order valence-electron chi connectivity index (χ1n) is 5.72. The van der Waals surface area contributed by atoms with Crippen LogP contribution in [0.2, 0.25) is 0 Å². The lowest BCUT2D eigenvalue weighted by Gasteiger charge is -2.08. The van der Waals surface area contributed by atoms with Gasteiger partial charge in [0.25, 0.3) is 11.8 Å². The van der Waals surface area contributed by atoms with Crippen LogP contribution < -0.4 is 10.9 Å². The molecule has 20 heavy (non-hydrogen) atoms. The number of carbonyl (C=O) groups excluding carboxylic acids is 2. The summed E-state index contributed by atoms with van der Waals surface area (Å²) in [6, 6.07) is 13.0. The molecule has 0 spiro atoms. The summed E-state index contributed by atoms with van der Waals surface area (Å²) in [4.78, 5) is 23.6. The Morgan fingerprint density at radius 2 is 1.50 bits per heavy atom. The van der Waals surface area contributed by atoms with Gasteiger partial charge in [-0.15, -0.1) is 0 Å². The van der Waals surface area contributed by atoms with E-state index in [1.807, 2.05) is 0 Å². The van der Waals surface area contributed by atoms with Crippen LogP contribution in [0.3, 0.4) is 0 Å². The summed E-state index contributed by atoms with van der Waals surface area (Å²) in [6.45, 7) is 0. The highest BCUT2D eigenvalue weighted by atomic mass is 127. The number of benzene rings is 2. The second-order valence-corrected chi connectivity index (χ2v) is 5.18. The first kappa shape index (κ1) is 14.3. The molecule has 0 bridgehead atoms. The zero-order valence-corrected chi connectivity index (χ0v) is 12.4. The Hall–Kier alpha value is -2.09. The number of phenolic OH excluding ortho intramolecular Hbond substituents is 1. The van der Waals surface area contributed by atoms with Crippen LogP contribution in [-0.2, 0) is 0 Å². The number of para-hydroxylation sites is 1. The van der Waals surface area contributed by atoms with Crippen LogP contribution in [-0.4, -0.2) is 16.9 Å². The minimum atomic E-state index is -0.582.